The molecule has 11 heavy (non-hydrogen) atoms. The maximum atomic E-state index is 12.6. The summed E-state index contributed by atoms with van der Waals surface area (Å²) < 4.78 is 12.6. The number of alkyl halides is 1. The molecule has 1 aliphatic rings. The topological polar surface area (TPSA) is 12.0 Å². The molecule has 1 nitrogen and oxygen atoms in total. The van der Waals surface area contributed by atoms with Gasteiger partial charge in [-0.05, 0) is 11.8 Å². The van der Waals surface area contributed by atoms with Crippen molar-refractivity contribution >= 4 is 12.4 Å². The number of hydrogen-bond acceptors (Lipinski definition) is 1. The molecular formula is C8H17ClFN. The van der Waals surface area contributed by atoms with Gasteiger partial charge in [0.1, 0.15) is 6.17 Å². The van der Waals surface area contributed by atoms with Crippen LogP contribution in [-0.2, 0) is 0 Å². The predicted molar refractivity (Wildman–Crippen MR) is 48.0 cm³/mol. The van der Waals surface area contributed by atoms with Crippen LogP contribution in [0.2, 0.25) is 0 Å². The zero-order chi connectivity index (χ0) is 7.78. The molecule has 1 rings (SSSR count). The van der Waals surface area contributed by atoms with Gasteiger partial charge in [0.05, 0.1) is 0 Å². The van der Waals surface area contributed by atoms with Crippen molar-refractivity contribution in [1.29, 1.82) is 0 Å². The molecule has 1 heterocycles. The highest BCUT2D eigenvalue weighted by Gasteiger charge is 2.32. The molecule has 0 saturated carbocycles. The Labute approximate surface area is 74.2 Å². The first kappa shape index (κ1) is 11.2. The van der Waals surface area contributed by atoms with Crippen molar-refractivity contribution in [2.75, 3.05) is 6.54 Å². The van der Waals surface area contributed by atoms with Crippen molar-refractivity contribution in [2.24, 2.45) is 5.41 Å². The molecule has 2 atom stereocenters. The van der Waals surface area contributed by atoms with Crippen LogP contribution in [0, 0.1) is 5.41 Å². The van der Waals surface area contributed by atoms with Gasteiger partial charge in [0.25, 0.3) is 0 Å². The van der Waals surface area contributed by atoms with E-state index in [1.54, 1.807) is 0 Å². The van der Waals surface area contributed by atoms with Crippen LogP contribution >= 0.6 is 12.4 Å². The van der Waals surface area contributed by atoms with E-state index in [0.717, 1.165) is 0 Å². The van der Waals surface area contributed by atoms with Crippen LogP contribution < -0.4 is 5.32 Å². The van der Waals surface area contributed by atoms with Crippen LogP contribution in [0.25, 0.3) is 0 Å². The Balaban J connectivity index is 0.000001000. The lowest BCUT2D eigenvalue weighted by Crippen LogP contribution is -2.34. The van der Waals surface area contributed by atoms with Crippen LogP contribution in [0.4, 0.5) is 4.39 Å². The summed E-state index contributed by atoms with van der Waals surface area (Å²) >= 11 is 0. The van der Waals surface area contributed by atoms with Gasteiger partial charge >= 0.3 is 0 Å². The van der Waals surface area contributed by atoms with Gasteiger partial charge in [-0.3, -0.25) is 0 Å². The number of nitrogens with one attached hydrogen (secondary N) is 1. The van der Waals surface area contributed by atoms with E-state index in [1.807, 2.05) is 0 Å². The lowest BCUT2D eigenvalue weighted by molar-refractivity contribution is 0.276. The number of halogens is 2. The Bertz CT molecular complexity index is 122. The molecule has 0 aromatic heterocycles. The van der Waals surface area contributed by atoms with E-state index in [2.05, 4.69) is 26.1 Å². The second-order valence-corrected chi connectivity index (χ2v) is 4.16. The molecule has 0 spiro atoms. The molecule has 2 unspecified atom stereocenters. The van der Waals surface area contributed by atoms with Gasteiger partial charge < -0.3 is 5.32 Å². The van der Waals surface area contributed by atoms with E-state index in [4.69, 9.17) is 0 Å². The lowest BCUT2D eigenvalue weighted by Gasteiger charge is -2.26. The standard InChI is InChI=1S/C8H16FN.ClH/c1-8(2,3)7-4-6(9)5-10-7;/h6-7,10H,4-5H2,1-3H3;1H. The summed E-state index contributed by atoms with van der Waals surface area (Å²) in [5.74, 6) is 0. The largest absolute Gasteiger partial charge is 0.310 e. The van der Waals surface area contributed by atoms with E-state index in [9.17, 15) is 4.39 Å². The smallest absolute Gasteiger partial charge is 0.114 e. The first-order chi connectivity index (χ1) is 4.50. The van der Waals surface area contributed by atoms with Crippen LogP contribution in [-0.4, -0.2) is 18.8 Å². The maximum absolute atomic E-state index is 12.6. The van der Waals surface area contributed by atoms with E-state index in [-0.39, 0.29) is 17.8 Å². The molecule has 0 aliphatic carbocycles. The Morgan fingerprint density at radius 2 is 1.91 bits per heavy atom. The normalized spacial score (nSPS) is 31.6. The summed E-state index contributed by atoms with van der Waals surface area (Å²) in [5.41, 5.74) is 0.209. The van der Waals surface area contributed by atoms with Crippen LogP contribution in [0.5, 0.6) is 0 Å². The molecule has 1 saturated heterocycles. The molecule has 0 aromatic carbocycles. The van der Waals surface area contributed by atoms with Crippen molar-refractivity contribution in [3.05, 3.63) is 0 Å². The summed E-state index contributed by atoms with van der Waals surface area (Å²) in [6.45, 7) is 6.97. The monoisotopic (exact) mass is 181 g/mol. The SMILES string of the molecule is CC(C)(C)C1CC(F)CN1.Cl. The summed E-state index contributed by atoms with van der Waals surface area (Å²) in [4.78, 5) is 0. The summed E-state index contributed by atoms with van der Waals surface area (Å²) in [6, 6.07) is 0.363. The third kappa shape index (κ3) is 2.96. The summed E-state index contributed by atoms with van der Waals surface area (Å²) in [6.07, 6.45) is 0.0629. The van der Waals surface area contributed by atoms with Gasteiger partial charge in [0.15, 0.2) is 0 Å². The predicted octanol–water partition coefficient (Wildman–Crippen LogP) is 2.15. The molecule has 0 radical (unpaired) electrons. The molecule has 1 fully saturated rings. The highest BCUT2D eigenvalue weighted by molar-refractivity contribution is 5.85. The van der Waals surface area contributed by atoms with Crippen LogP contribution in [0.3, 0.4) is 0 Å². The maximum Gasteiger partial charge on any atom is 0.114 e. The Morgan fingerprint density at radius 3 is 2.09 bits per heavy atom. The van der Waals surface area contributed by atoms with Gasteiger partial charge in [-0.15, -0.1) is 12.4 Å². The van der Waals surface area contributed by atoms with E-state index < -0.39 is 6.17 Å². The molecule has 1 aliphatic heterocycles. The fraction of sp³-hybridized carbons (Fsp3) is 1.00. The molecule has 68 valence electrons. The van der Waals surface area contributed by atoms with Gasteiger partial charge in [0, 0.05) is 12.6 Å². The molecule has 0 amide bonds. The van der Waals surface area contributed by atoms with Crippen molar-refractivity contribution in [1.82, 2.24) is 5.32 Å². The van der Waals surface area contributed by atoms with Crippen molar-refractivity contribution < 1.29 is 4.39 Å². The van der Waals surface area contributed by atoms with Crippen molar-refractivity contribution in [3.8, 4) is 0 Å². The Kier molecular flexibility index (Phi) is 3.78. The molecular weight excluding hydrogens is 165 g/mol. The fourth-order valence-electron chi connectivity index (χ4n) is 1.35. The second-order valence-electron chi connectivity index (χ2n) is 4.16. The zero-order valence-corrected chi connectivity index (χ0v) is 8.17. The van der Waals surface area contributed by atoms with Crippen LogP contribution in [0.1, 0.15) is 27.2 Å². The van der Waals surface area contributed by atoms with Crippen molar-refractivity contribution in [3.63, 3.8) is 0 Å². The highest BCUT2D eigenvalue weighted by atomic mass is 35.5. The average Bonchev–Trinajstić information content (AvgIpc) is 2.11. The Morgan fingerprint density at radius 1 is 1.36 bits per heavy atom. The summed E-state index contributed by atoms with van der Waals surface area (Å²) in [7, 11) is 0. The zero-order valence-electron chi connectivity index (χ0n) is 7.36. The number of rotatable bonds is 0. The lowest BCUT2D eigenvalue weighted by atomic mass is 9.86. The third-order valence-electron chi connectivity index (χ3n) is 2.12. The van der Waals surface area contributed by atoms with E-state index in [0.29, 0.717) is 19.0 Å². The fourth-order valence-corrected chi connectivity index (χ4v) is 1.35. The van der Waals surface area contributed by atoms with Gasteiger partial charge in [-0.25, -0.2) is 4.39 Å². The Hall–Kier alpha value is 0.180. The van der Waals surface area contributed by atoms with Gasteiger partial charge in [-0.1, -0.05) is 20.8 Å². The van der Waals surface area contributed by atoms with Crippen LogP contribution in [0.15, 0.2) is 0 Å². The van der Waals surface area contributed by atoms with Gasteiger partial charge in [-0.2, -0.15) is 0 Å². The minimum absolute atomic E-state index is 0. The van der Waals surface area contributed by atoms with E-state index in [1.165, 1.54) is 0 Å². The molecule has 1 N–H and O–H groups in total. The number of hydrogen-bond donors (Lipinski definition) is 1. The highest BCUT2D eigenvalue weighted by Crippen LogP contribution is 2.26. The minimum atomic E-state index is -0.621. The molecule has 0 aromatic rings. The first-order valence-corrected chi connectivity index (χ1v) is 3.87. The van der Waals surface area contributed by atoms with E-state index >= 15 is 0 Å². The second kappa shape index (κ2) is 3.72. The third-order valence-corrected chi connectivity index (χ3v) is 2.12. The quantitative estimate of drug-likeness (QED) is 0.604. The summed E-state index contributed by atoms with van der Waals surface area (Å²) in [5, 5.41) is 3.17. The average molecular weight is 182 g/mol. The molecule has 3 heteroatoms. The minimum Gasteiger partial charge on any atom is -0.310 e. The first-order valence-electron chi connectivity index (χ1n) is 3.87. The van der Waals surface area contributed by atoms with Crippen molar-refractivity contribution in [2.45, 2.75) is 39.4 Å². The molecule has 0 bridgehead atoms. The van der Waals surface area contributed by atoms with Gasteiger partial charge in [0.2, 0.25) is 0 Å².